The van der Waals surface area contributed by atoms with E-state index in [0.717, 1.165) is 0 Å². The second-order valence-electron chi connectivity index (χ2n) is 4.87. The molecule has 0 aromatic heterocycles. The lowest BCUT2D eigenvalue weighted by Crippen LogP contribution is -2.37. The number of rotatable bonds is 6. The Morgan fingerprint density at radius 3 is 2.57 bits per heavy atom. The number of esters is 1. The van der Waals surface area contributed by atoms with Crippen molar-refractivity contribution in [2.45, 2.75) is 33.7 Å². The molecule has 21 heavy (non-hydrogen) atoms. The molecule has 6 nitrogen and oxygen atoms in total. The van der Waals surface area contributed by atoms with Crippen LogP contribution in [0.2, 0.25) is 5.02 Å². The summed E-state index contributed by atoms with van der Waals surface area (Å²) >= 11 is 5.96. The van der Waals surface area contributed by atoms with Crippen LogP contribution in [0.1, 0.15) is 26.3 Å². The van der Waals surface area contributed by atoms with Crippen LogP contribution in [0.15, 0.2) is 12.1 Å². The molecule has 0 N–H and O–H groups in total. The van der Waals surface area contributed by atoms with Gasteiger partial charge in [0.1, 0.15) is 11.6 Å². The topological polar surface area (TPSA) is 72.7 Å². The van der Waals surface area contributed by atoms with Gasteiger partial charge in [0.15, 0.2) is 0 Å². The first kappa shape index (κ1) is 17.2. The van der Waals surface area contributed by atoms with E-state index in [2.05, 4.69) is 0 Å². The molecule has 7 heteroatoms. The second-order valence-corrected chi connectivity index (χ2v) is 5.28. The zero-order chi connectivity index (χ0) is 16.2. The van der Waals surface area contributed by atoms with Gasteiger partial charge >= 0.3 is 5.97 Å². The minimum atomic E-state index is -0.524. The Bertz CT molecular complexity index is 546. The Morgan fingerprint density at radius 1 is 1.48 bits per heavy atom. The molecule has 0 aliphatic heterocycles. The molecule has 0 aliphatic carbocycles. The molecule has 116 valence electrons. The number of hydrogen-bond acceptors (Lipinski definition) is 5. The first-order chi connectivity index (χ1) is 9.77. The van der Waals surface area contributed by atoms with Crippen LogP contribution in [0.3, 0.4) is 0 Å². The van der Waals surface area contributed by atoms with Gasteiger partial charge in [0, 0.05) is 17.8 Å². The highest BCUT2D eigenvalue weighted by Crippen LogP contribution is 2.33. The maximum absolute atomic E-state index is 11.7. The van der Waals surface area contributed by atoms with Crippen LogP contribution < -0.4 is 4.90 Å². The number of nitro benzene ring substituents is 1. The summed E-state index contributed by atoms with van der Waals surface area (Å²) in [5.74, 6) is -0.347. The molecule has 0 saturated carbocycles. The average molecular weight is 315 g/mol. The molecule has 0 amide bonds. The van der Waals surface area contributed by atoms with Gasteiger partial charge in [-0.25, -0.2) is 0 Å². The predicted molar refractivity (Wildman–Crippen MR) is 82.0 cm³/mol. The fraction of sp³-hybridized carbons (Fsp3) is 0.500. The van der Waals surface area contributed by atoms with Crippen molar-refractivity contribution >= 4 is 28.9 Å². The number of halogens is 1. The van der Waals surface area contributed by atoms with Crippen molar-refractivity contribution < 1.29 is 14.5 Å². The third-order valence-electron chi connectivity index (χ3n) is 3.00. The lowest BCUT2D eigenvalue weighted by Gasteiger charge is -2.29. The van der Waals surface area contributed by atoms with Gasteiger partial charge in [0.25, 0.3) is 5.69 Å². The minimum absolute atomic E-state index is 0.0191. The van der Waals surface area contributed by atoms with E-state index in [-0.39, 0.29) is 29.3 Å². The molecule has 0 unspecified atom stereocenters. The molecule has 0 fully saturated rings. The van der Waals surface area contributed by atoms with Crippen molar-refractivity contribution in [2.24, 2.45) is 0 Å². The Balaban J connectivity index is 3.17. The van der Waals surface area contributed by atoms with E-state index in [0.29, 0.717) is 17.9 Å². The van der Waals surface area contributed by atoms with Crippen molar-refractivity contribution in [3.05, 3.63) is 32.8 Å². The monoisotopic (exact) mass is 314 g/mol. The van der Waals surface area contributed by atoms with E-state index in [1.54, 1.807) is 13.8 Å². The molecule has 1 rings (SSSR count). The van der Waals surface area contributed by atoms with E-state index < -0.39 is 4.92 Å². The van der Waals surface area contributed by atoms with Gasteiger partial charge in [-0.05, 0) is 39.3 Å². The molecule has 0 atom stereocenters. The van der Waals surface area contributed by atoms with Crippen LogP contribution in [0.4, 0.5) is 11.4 Å². The summed E-state index contributed by atoms with van der Waals surface area (Å²) in [6.07, 6.45) is 0. The van der Waals surface area contributed by atoms with Crippen molar-refractivity contribution in [2.75, 3.05) is 18.1 Å². The number of carbonyl (C=O) groups excluding carboxylic acids is 1. The molecular weight excluding hydrogens is 296 g/mol. The highest BCUT2D eigenvalue weighted by Gasteiger charge is 2.21. The quantitative estimate of drug-likeness (QED) is 0.457. The second kappa shape index (κ2) is 7.26. The average Bonchev–Trinajstić information content (AvgIpc) is 2.38. The van der Waals surface area contributed by atoms with E-state index in [4.69, 9.17) is 16.3 Å². The van der Waals surface area contributed by atoms with E-state index in [1.807, 2.05) is 18.7 Å². The number of benzene rings is 1. The van der Waals surface area contributed by atoms with Crippen LogP contribution in [0.25, 0.3) is 0 Å². The molecule has 0 saturated heterocycles. The summed E-state index contributed by atoms with van der Waals surface area (Å²) in [6.45, 7) is 7.72. The van der Waals surface area contributed by atoms with Crippen LogP contribution in [0, 0.1) is 17.0 Å². The molecule has 0 spiro atoms. The summed E-state index contributed by atoms with van der Waals surface area (Å²) in [7, 11) is 0. The smallest absolute Gasteiger partial charge is 0.325 e. The molecule has 0 aliphatic rings. The number of hydrogen-bond donors (Lipinski definition) is 0. The van der Waals surface area contributed by atoms with Crippen molar-refractivity contribution in [1.82, 2.24) is 0 Å². The lowest BCUT2D eigenvalue weighted by molar-refractivity contribution is -0.384. The van der Waals surface area contributed by atoms with E-state index >= 15 is 0 Å². The number of ether oxygens (including phenoxy) is 1. The maximum Gasteiger partial charge on any atom is 0.325 e. The SMILES string of the molecule is CCOC(=O)CN(c1cc(Cl)c([N+](=O)[O-])cc1C)C(C)C. The number of nitrogens with zero attached hydrogens (tertiary/aromatic N) is 2. The lowest BCUT2D eigenvalue weighted by atomic mass is 10.1. The van der Waals surface area contributed by atoms with E-state index in [9.17, 15) is 14.9 Å². The molecular formula is C14H19ClN2O4. The zero-order valence-corrected chi connectivity index (χ0v) is 13.3. The van der Waals surface area contributed by atoms with Gasteiger partial charge in [0.05, 0.1) is 11.5 Å². The van der Waals surface area contributed by atoms with Gasteiger partial charge in [-0.3, -0.25) is 14.9 Å². The van der Waals surface area contributed by atoms with Gasteiger partial charge in [-0.15, -0.1) is 0 Å². The molecule has 0 radical (unpaired) electrons. The number of carbonyl (C=O) groups is 1. The van der Waals surface area contributed by atoms with E-state index in [1.165, 1.54) is 12.1 Å². The van der Waals surface area contributed by atoms with Gasteiger partial charge < -0.3 is 9.64 Å². The van der Waals surface area contributed by atoms with Crippen molar-refractivity contribution in [1.29, 1.82) is 0 Å². The third kappa shape index (κ3) is 4.32. The minimum Gasteiger partial charge on any atom is -0.465 e. The predicted octanol–water partition coefficient (Wildman–Crippen LogP) is 3.33. The third-order valence-corrected chi connectivity index (χ3v) is 3.30. The van der Waals surface area contributed by atoms with Crippen LogP contribution >= 0.6 is 11.6 Å². The Hall–Kier alpha value is -1.82. The molecule has 1 aromatic rings. The molecule has 0 bridgehead atoms. The van der Waals surface area contributed by atoms with Gasteiger partial charge in [0.2, 0.25) is 0 Å². The summed E-state index contributed by atoms with van der Waals surface area (Å²) in [6, 6.07) is 2.96. The Morgan fingerprint density at radius 2 is 2.10 bits per heavy atom. The zero-order valence-electron chi connectivity index (χ0n) is 12.6. The summed E-state index contributed by atoms with van der Waals surface area (Å²) in [5, 5.41) is 10.9. The van der Waals surface area contributed by atoms with Crippen LogP contribution in [-0.4, -0.2) is 30.1 Å². The van der Waals surface area contributed by atoms with Crippen molar-refractivity contribution in [3.63, 3.8) is 0 Å². The van der Waals surface area contributed by atoms with Crippen LogP contribution in [0.5, 0.6) is 0 Å². The summed E-state index contributed by atoms with van der Waals surface area (Å²) in [5.41, 5.74) is 1.23. The largest absolute Gasteiger partial charge is 0.465 e. The highest BCUT2D eigenvalue weighted by atomic mass is 35.5. The Labute approximate surface area is 128 Å². The first-order valence-electron chi connectivity index (χ1n) is 6.64. The van der Waals surface area contributed by atoms with Gasteiger partial charge in [-0.1, -0.05) is 11.6 Å². The fourth-order valence-corrected chi connectivity index (χ4v) is 2.22. The standard InChI is InChI=1S/C14H19ClN2O4/c1-5-21-14(18)8-16(9(2)3)12-7-11(15)13(17(19)20)6-10(12)4/h6-7,9H,5,8H2,1-4H3. The maximum atomic E-state index is 11.7. The Kier molecular flexibility index (Phi) is 5.96. The number of nitro groups is 1. The highest BCUT2D eigenvalue weighted by molar-refractivity contribution is 6.33. The molecule has 1 aromatic carbocycles. The first-order valence-corrected chi connectivity index (χ1v) is 7.02. The number of aryl methyl sites for hydroxylation is 1. The fourth-order valence-electron chi connectivity index (χ4n) is 2.00. The van der Waals surface area contributed by atoms with Crippen molar-refractivity contribution in [3.8, 4) is 0 Å². The normalized spacial score (nSPS) is 10.6. The molecule has 0 heterocycles. The van der Waals surface area contributed by atoms with Crippen LogP contribution in [-0.2, 0) is 9.53 Å². The summed E-state index contributed by atoms with van der Waals surface area (Å²) < 4.78 is 4.95. The van der Waals surface area contributed by atoms with Gasteiger partial charge in [-0.2, -0.15) is 0 Å². The summed E-state index contributed by atoms with van der Waals surface area (Å²) in [4.78, 5) is 23.9. The number of anilines is 1.